The van der Waals surface area contributed by atoms with Gasteiger partial charge in [-0.25, -0.2) is 8.42 Å². The Morgan fingerprint density at radius 2 is 2.10 bits per heavy atom. The SMILES string of the molecule is CS(=O)(=O)c1cccc(OCC(=O)NCc2ccco2)c1. The second kappa shape index (κ2) is 6.45. The van der Waals surface area contributed by atoms with Crippen molar-refractivity contribution in [1.82, 2.24) is 5.32 Å². The topological polar surface area (TPSA) is 85.6 Å². The zero-order valence-corrected chi connectivity index (χ0v) is 12.2. The van der Waals surface area contributed by atoms with E-state index in [2.05, 4.69) is 5.32 Å². The summed E-state index contributed by atoms with van der Waals surface area (Å²) in [4.78, 5) is 11.7. The normalized spacial score (nSPS) is 11.1. The summed E-state index contributed by atoms with van der Waals surface area (Å²) in [5.74, 6) is 0.643. The van der Waals surface area contributed by atoms with Crippen molar-refractivity contribution in [2.24, 2.45) is 0 Å². The molecule has 0 saturated heterocycles. The summed E-state index contributed by atoms with van der Waals surface area (Å²) in [6.45, 7) is 0.0759. The van der Waals surface area contributed by atoms with Gasteiger partial charge in [0.05, 0.1) is 17.7 Å². The first-order valence-electron chi connectivity index (χ1n) is 6.17. The molecule has 2 rings (SSSR count). The Bertz CT molecular complexity index is 707. The monoisotopic (exact) mass is 309 g/mol. The molecule has 1 heterocycles. The molecule has 1 aromatic heterocycles. The van der Waals surface area contributed by atoms with Gasteiger partial charge in [0.15, 0.2) is 16.4 Å². The largest absolute Gasteiger partial charge is 0.484 e. The van der Waals surface area contributed by atoms with Crippen LogP contribution in [0.4, 0.5) is 0 Å². The summed E-state index contributed by atoms with van der Waals surface area (Å²) in [6, 6.07) is 9.49. The molecular formula is C14H15NO5S. The predicted molar refractivity (Wildman–Crippen MR) is 75.6 cm³/mol. The summed E-state index contributed by atoms with van der Waals surface area (Å²) < 4.78 is 33.2. The van der Waals surface area contributed by atoms with Gasteiger partial charge < -0.3 is 14.5 Å². The first kappa shape index (κ1) is 15.1. The number of benzene rings is 1. The summed E-state index contributed by atoms with van der Waals surface area (Å²) in [6.07, 6.45) is 2.64. The molecule has 7 heteroatoms. The second-order valence-corrected chi connectivity index (χ2v) is 6.41. The molecule has 0 bridgehead atoms. The van der Waals surface area contributed by atoms with Crippen LogP contribution in [-0.2, 0) is 21.2 Å². The fraction of sp³-hybridized carbons (Fsp3) is 0.214. The molecule has 0 saturated carbocycles. The minimum atomic E-state index is -3.30. The number of ether oxygens (including phenoxy) is 1. The molecule has 0 atom stereocenters. The highest BCUT2D eigenvalue weighted by atomic mass is 32.2. The Labute approximate surface area is 122 Å². The third kappa shape index (κ3) is 4.64. The lowest BCUT2D eigenvalue weighted by Gasteiger charge is -2.07. The lowest BCUT2D eigenvalue weighted by molar-refractivity contribution is -0.123. The van der Waals surface area contributed by atoms with Crippen molar-refractivity contribution in [1.29, 1.82) is 0 Å². The van der Waals surface area contributed by atoms with E-state index in [0.717, 1.165) is 6.26 Å². The van der Waals surface area contributed by atoms with Crippen LogP contribution >= 0.6 is 0 Å². The molecule has 112 valence electrons. The molecule has 0 aliphatic heterocycles. The number of nitrogens with one attached hydrogen (secondary N) is 1. The summed E-state index contributed by atoms with van der Waals surface area (Å²) >= 11 is 0. The van der Waals surface area contributed by atoms with Crippen LogP contribution in [0.1, 0.15) is 5.76 Å². The molecule has 0 aliphatic rings. The van der Waals surface area contributed by atoms with Crippen molar-refractivity contribution >= 4 is 15.7 Å². The highest BCUT2D eigenvalue weighted by Gasteiger charge is 2.09. The van der Waals surface area contributed by atoms with E-state index in [9.17, 15) is 13.2 Å². The lowest BCUT2D eigenvalue weighted by atomic mass is 10.3. The van der Waals surface area contributed by atoms with E-state index < -0.39 is 9.84 Å². The second-order valence-electron chi connectivity index (χ2n) is 4.39. The summed E-state index contributed by atoms with van der Waals surface area (Å²) in [5, 5.41) is 2.62. The van der Waals surface area contributed by atoms with Crippen molar-refractivity contribution in [3.63, 3.8) is 0 Å². The third-order valence-electron chi connectivity index (χ3n) is 2.64. The average Bonchev–Trinajstić information content (AvgIpc) is 2.95. The highest BCUT2D eigenvalue weighted by molar-refractivity contribution is 7.90. The molecule has 0 spiro atoms. The molecule has 0 radical (unpaired) electrons. The van der Waals surface area contributed by atoms with E-state index >= 15 is 0 Å². The van der Waals surface area contributed by atoms with Crippen LogP contribution in [0, 0.1) is 0 Å². The Kier molecular flexibility index (Phi) is 4.64. The minimum Gasteiger partial charge on any atom is -0.484 e. The van der Waals surface area contributed by atoms with Crippen molar-refractivity contribution in [3.05, 3.63) is 48.4 Å². The van der Waals surface area contributed by atoms with E-state index in [1.165, 1.54) is 18.4 Å². The number of rotatable bonds is 6. The number of carbonyl (C=O) groups is 1. The smallest absolute Gasteiger partial charge is 0.258 e. The maximum absolute atomic E-state index is 11.6. The van der Waals surface area contributed by atoms with Gasteiger partial charge in [-0.2, -0.15) is 0 Å². The summed E-state index contributed by atoms with van der Waals surface area (Å²) in [5.41, 5.74) is 0. The fourth-order valence-corrected chi connectivity index (χ4v) is 2.25. The average molecular weight is 309 g/mol. The van der Waals surface area contributed by atoms with E-state index in [-0.39, 0.29) is 24.0 Å². The van der Waals surface area contributed by atoms with Gasteiger partial charge in [-0.3, -0.25) is 4.79 Å². The Morgan fingerprint density at radius 1 is 1.29 bits per heavy atom. The lowest BCUT2D eigenvalue weighted by Crippen LogP contribution is -2.28. The highest BCUT2D eigenvalue weighted by Crippen LogP contribution is 2.17. The number of sulfone groups is 1. The number of furan rings is 1. The van der Waals surface area contributed by atoms with Gasteiger partial charge >= 0.3 is 0 Å². The van der Waals surface area contributed by atoms with E-state index in [0.29, 0.717) is 11.5 Å². The number of hydrogen-bond acceptors (Lipinski definition) is 5. The van der Waals surface area contributed by atoms with E-state index in [1.807, 2.05) is 0 Å². The maximum Gasteiger partial charge on any atom is 0.258 e. The molecule has 0 aliphatic carbocycles. The zero-order chi connectivity index (χ0) is 15.3. The van der Waals surface area contributed by atoms with Crippen LogP contribution in [0.25, 0.3) is 0 Å². The van der Waals surface area contributed by atoms with Crippen molar-refractivity contribution in [2.75, 3.05) is 12.9 Å². The van der Waals surface area contributed by atoms with Gasteiger partial charge in [-0.1, -0.05) is 6.07 Å². The van der Waals surface area contributed by atoms with Gasteiger partial charge in [0.2, 0.25) is 0 Å². The molecule has 21 heavy (non-hydrogen) atoms. The summed E-state index contributed by atoms with van der Waals surface area (Å²) in [7, 11) is -3.30. The Balaban J connectivity index is 1.86. The molecule has 0 unspecified atom stereocenters. The first-order valence-corrected chi connectivity index (χ1v) is 8.06. The van der Waals surface area contributed by atoms with Gasteiger partial charge in [0.1, 0.15) is 11.5 Å². The first-order chi connectivity index (χ1) is 9.95. The third-order valence-corrected chi connectivity index (χ3v) is 3.75. The van der Waals surface area contributed by atoms with Gasteiger partial charge in [-0.15, -0.1) is 0 Å². The molecular weight excluding hydrogens is 294 g/mol. The Hall–Kier alpha value is -2.28. The number of carbonyl (C=O) groups excluding carboxylic acids is 1. The molecule has 6 nitrogen and oxygen atoms in total. The van der Waals surface area contributed by atoms with Crippen LogP contribution in [-0.4, -0.2) is 27.2 Å². The molecule has 1 aromatic carbocycles. The quantitative estimate of drug-likeness (QED) is 0.871. The zero-order valence-electron chi connectivity index (χ0n) is 11.4. The van der Waals surface area contributed by atoms with Gasteiger partial charge in [-0.05, 0) is 30.3 Å². The van der Waals surface area contributed by atoms with Gasteiger partial charge in [0, 0.05) is 6.26 Å². The van der Waals surface area contributed by atoms with Gasteiger partial charge in [0.25, 0.3) is 5.91 Å². The molecule has 2 aromatic rings. The van der Waals surface area contributed by atoms with E-state index in [4.69, 9.17) is 9.15 Å². The van der Waals surface area contributed by atoms with Crippen LogP contribution in [0.2, 0.25) is 0 Å². The number of hydrogen-bond donors (Lipinski definition) is 1. The van der Waals surface area contributed by atoms with E-state index in [1.54, 1.807) is 24.3 Å². The van der Waals surface area contributed by atoms with Crippen LogP contribution in [0.5, 0.6) is 5.75 Å². The van der Waals surface area contributed by atoms with Crippen molar-refractivity contribution in [2.45, 2.75) is 11.4 Å². The maximum atomic E-state index is 11.6. The fourth-order valence-electron chi connectivity index (χ4n) is 1.59. The predicted octanol–water partition coefficient (Wildman–Crippen LogP) is 1.38. The van der Waals surface area contributed by atoms with Crippen molar-refractivity contribution in [3.8, 4) is 5.75 Å². The molecule has 1 N–H and O–H groups in total. The minimum absolute atomic E-state index is 0.149. The molecule has 0 fully saturated rings. The Morgan fingerprint density at radius 3 is 2.76 bits per heavy atom. The standard InChI is InChI=1S/C14H15NO5S/c1-21(17,18)13-6-2-4-11(8-13)20-10-14(16)15-9-12-5-3-7-19-12/h2-8H,9-10H2,1H3,(H,15,16). The van der Waals surface area contributed by atoms with Crippen LogP contribution in [0.3, 0.4) is 0 Å². The van der Waals surface area contributed by atoms with Crippen LogP contribution in [0.15, 0.2) is 52.0 Å². The molecule has 1 amide bonds. The number of amides is 1. The van der Waals surface area contributed by atoms with Crippen molar-refractivity contribution < 1.29 is 22.4 Å². The van der Waals surface area contributed by atoms with Crippen LogP contribution < -0.4 is 10.1 Å².